The standard InChI is InChI=1S/C12H16N2O3S/c1-10(2)9-18(15,16)14-11-3-5-12(6-4-11)17-8-7-13/h3-6,10,14H,8-9H2,1-2H3. The number of hydrogen-bond acceptors (Lipinski definition) is 4. The highest BCUT2D eigenvalue weighted by atomic mass is 32.2. The van der Waals surface area contributed by atoms with Gasteiger partial charge in [0.05, 0.1) is 5.75 Å². The van der Waals surface area contributed by atoms with Gasteiger partial charge in [-0.3, -0.25) is 4.72 Å². The molecule has 0 aliphatic heterocycles. The van der Waals surface area contributed by atoms with Gasteiger partial charge in [-0.15, -0.1) is 0 Å². The topological polar surface area (TPSA) is 79.2 Å². The summed E-state index contributed by atoms with van der Waals surface area (Å²) in [6.45, 7) is 3.66. The summed E-state index contributed by atoms with van der Waals surface area (Å²) in [5.41, 5.74) is 0.486. The Morgan fingerprint density at radius 3 is 2.44 bits per heavy atom. The van der Waals surface area contributed by atoms with E-state index >= 15 is 0 Å². The summed E-state index contributed by atoms with van der Waals surface area (Å²) >= 11 is 0. The van der Waals surface area contributed by atoms with E-state index in [9.17, 15) is 8.42 Å². The van der Waals surface area contributed by atoms with Crippen LogP contribution in [0.2, 0.25) is 0 Å². The number of anilines is 1. The molecule has 98 valence electrons. The summed E-state index contributed by atoms with van der Waals surface area (Å²) in [7, 11) is -3.31. The quantitative estimate of drug-likeness (QED) is 0.855. The van der Waals surface area contributed by atoms with Crippen molar-refractivity contribution in [3.05, 3.63) is 24.3 Å². The molecule has 0 bridgehead atoms. The molecule has 0 amide bonds. The van der Waals surface area contributed by atoms with Crippen LogP contribution in [0.15, 0.2) is 24.3 Å². The Bertz CT molecular complexity index is 515. The van der Waals surface area contributed by atoms with E-state index in [0.29, 0.717) is 11.4 Å². The van der Waals surface area contributed by atoms with Gasteiger partial charge in [0, 0.05) is 5.69 Å². The molecule has 1 aromatic rings. The molecule has 0 unspecified atom stereocenters. The monoisotopic (exact) mass is 268 g/mol. The summed E-state index contributed by atoms with van der Waals surface area (Å²) in [5.74, 6) is 0.684. The molecular weight excluding hydrogens is 252 g/mol. The zero-order valence-corrected chi connectivity index (χ0v) is 11.2. The van der Waals surface area contributed by atoms with E-state index in [1.54, 1.807) is 24.3 Å². The fraction of sp³-hybridized carbons (Fsp3) is 0.417. The van der Waals surface area contributed by atoms with E-state index in [0.717, 1.165) is 0 Å². The van der Waals surface area contributed by atoms with Gasteiger partial charge in [-0.2, -0.15) is 5.26 Å². The number of benzene rings is 1. The first kappa shape index (κ1) is 14.3. The summed E-state index contributed by atoms with van der Waals surface area (Å²) in [6.07, 6.45) is 0. The molecule has 1 rings (SSSR count). The molecule has 18 heavy (non-hydrogen) atoms. The largest absolute Gasteiger partial charge is 0.479 e. The molecular formula is C12H16N2O3S. The molecule has 1 N–H and O–H groups in total. The Kier molecular flexibility index (Phi) is 4.98. The number of nitrogens with zero attached hydrogens (tertiary/aromatic N) is 1. The number of hydrogen-bond donors (Lipinski definition) is 1. The molecule has 0 saturated carbocycles. The van der Waals surface area contributed by atoms with Crippen LogP contribution < -0.4 is 9.46 Å². The summed E-state index contributed by atoms with van der Waals surface area (Å²) in [5, 5.41) is 8.35. The minimum absolute atomic E-state index is 0.0293. The van der Waals surface area contributed by atoms with E-state index in [1.807, 2.05) is 19.9 Å². The van der Waals surface area contributed by atoms with Crippen LogP contribution in [0.5, 0.6) is 5.75 Å². The van der Waals surface area contributed by atoms with Crippen LogP contribution in [0.4, 0.5) is 5.69 Å². The number of rotatable bonds is 6. The molecule has 0 heterocycles. The highest BCUT2D eigenvalue weighted by molar-refractivity contribution is 7.92. The Balaban J connectivity index is 2.67. The molecule has 0 atom stereocenters. The zero-order valence-electron chi connectivity index (χ0n) is 10.4. The summed E-state index contributed by atoms with van der Waals surface area (Å²) in [6, 6.07) is 8.29. The third-order valence-electron chi connectivity index (χ3n) is 1.98. The van der Waals surface area contributed by atoms with E-state index in [-0.39, 0.29) is 18.3 Å². The van der Waals surface area contributed by atoms with Gasteiger partial charge in [0.1, 0.15) is 11.8 Å². The SMILES string of the molecule is CC(C)CS(=O)(=O)Nc1ccc(OCC#N)cc1. The zero-order chi connectivity index (χ0) is 13.6. The van der Waals surface area contributed by atoms with Gasteiger partial charge in [-0.1, -0.05) is 13.8 Å². The first-order valence-electron chi connectivity index (χ1n) is 5.53. The van der Waals surface area contributed by atoms with Gasteiger partial charge in [0.25, 0.3) is 0 Å². The van der Waals surface area contributed by atoms with Gasteiger partial charge < -0.3 is 4.74 Å². The fourth-order valence-electron chi connectivity index (χ4n) is 1.39. The van der Waals surface area contributed by atoms with Crippen molar-refractivity contribution >= 4 is 15.7 Å². The molecule has 0 aliphatic rings. The second-order valence-corrected chi connectivity index (χ2v) is 6.02. The number of sulfonamides is 1. The van der Waals surface area contributed by atoms with Crippen molar-refractivity contribution in [1.29, 1.82) is 5.26 Å². The van der Waals surface area contributed by atoms with Gasteiger partial charge in [-0.25, -0.2) is 8.42 Å². The maximum absolute atomic E-state index is 11.7. The molecule has 1 aromatic carbocycles. The molecule has 5 nitrogen and oxygen atoms in total. The smallest absolute Gasteiger partial charge is 0.232 e. The highest BCUT2D eigenvalue weighted by Gasteiger charge is 2.12. The van der Waals surface area contributed by atoms with E-state index in [2.05, 4.69) is 4.72 Å². The van der Waals surface area contributed by atoms with Crippen LogP contribution in [0.3, 0.4) is 0 Å². The van der Waals surface area contributed by atoms with Crippen LogP contribution in [-0.4, -0.2) is 20.8 Å². The lowest BCUT2D eigenvalue weighted by atomic mass is 10.3. The van der Waals surface area contributed by atoms with Crippen LogP contribution in [-0.2, 0) is 10.0 Å². The first-order valence-corrected chi connectivity index (χ1v) is 7.18. The van der Waals surface area contributed by atoms with Crippen molar-refractivity contribution in [2.75, 3.05) is 17.1 Å². The third-order valence-corrected chi connectivity index (χ3v) is 3.64. The van der Waals surface area contributed by atoms with Crippen molar-refractivity contribution in [2.24, 2.45) is 5.92 Å². The van der Waals surface area contributed by atoms with Crippen LogP contribution in [0, 0.1) is 17.2 Å². The van der Waals surface area contributed by atoms with Crippen LogP contribution >= 0.6 is 0 Å². The lowest BCUT2D eigenvalue weighted by Gasteiger charge is -2.10. The van der Waals surface area contributed by atoms with E-state index in [4.69, 9.17) is 10.00 Å². The van der Waals surface area contributed by atoms with Crippen LogP contribution in [0.25, 0.3) is 0 Å². The Morgan fingerprint density at radius 1 is 1.33 bits per heavy atom. The average Bonchev–Trinajstić information content (AvgIpc) is 2.26. The van der Waals surface area contributed by atoms with Crippen molar-refractivity contribution < 1.29 is 13.2 Å². The maximum Gasteiger partial charge on any atom is 0.232 e. The molecule has 0 radical (unpaired) electrons. The van der Waals surface area contributed by atoms with Crippen LogP contribution in [0.1, 0.15) is 13.8 Å². The van der Waals surface area contributed by atoms with Gasteiger partial charge in [0.2, 0.25) is 10.0 Å². The Labute approximate surface area is 107 Å². The maximum atomic E-state index is 11.7. The van der Waals surface area contributed by atoms with Gasteiger partial charge in [-0.05, 0) is 30.2 Å². The minimum atomic E-state index is -3.31. The van der Waals surface area contributed by atoms with E-state index in [1.165, 1.54) is 0 Å². The van der Waals surface area contributed by atoms with Gasteiger partial charge >= 0.3 is 0 Å². The molecule has 0 aliphatic carbocycles. The molecule has 0 aromatic heterocycles. The summed E-state index contributed by atoms with van der Waals surface area (Å²) in [4.78, 5) is 0. The van der Waals surface area contributed by atoms with Crippen molar-refractivity contribution in [3.8, 4) is 11.8 Å². The first-order chi connectivity index (χ1) is 8.43. The molecule has 0 saturated heterocycles. The lowest BCUT2D eigenvalue weighted by molar-refractivity contribution is 0.368. The second-order valence-electron chi connectivity index (χ2n) is 4.25. The van der Waals surface area contributed by atoms with E-state index < -0.39 is 10.0 Å². The van der Waals surface area contributed by atoms with Crippen molar-refractivity contribution in [1.82, 2.24) is 0 Å². The summed E-state index contributed by atoms with van der Waals surface area (Å²) < 4.78 is 30.9. The molecule has 6 heteroatoms. The predicted octanol–water partition coefficient (Wildman–Crippen LogP) is 1.99. The number of ether oxygens (including phenoxy) is 1. The normalized spacial score (nSPS) is 11.0. The third kappa shape index (κ3) is 5.06. The van der Waals surface area contributed by atoms with Crippen molar-refractivity contribution in [3.63, 3.8) is 0 Å². The van der Waals surface area contributed by atoms with Gasteiger partial charge in [0.15, 0.2) is 6.61 Å². The Hall–Kier alpha value is -1.74. The fourth-order valence-corrected chi connectivity index (χ4v) is 2.85. The lowest BCUT2D eigenvalue weighted by Crippen LogP contribution is -2.19. The number of nitrogens with one attached hydrogen (secondary N) is 1. The Morgan fingerprint density at radius 2 is 1.94 bits per heavy atom. The molecule has 0 fully saturated rings. The second kappa shape index (κ2) is 6.26. The van der Waals surface area contributed by atoms with Crippen molar-refractivity contribution in [2.45, 2.75) is 13.8 Å². The number of nitriles is 1. The minimum Gasteiger partial charge on any atom is -0.479 e. The predicted molar refractivity (Wildman–Crippen MR) is 69.8 cm³/mol. The highest BCUT2D eigenvalue weighted by Crippen LogP contribution is 2.17. The average molecular weight is 268 g/mol. The molecule has 0 spiro atoms.